The van der Waals surface area contributed by atoms with Crippen LogP contribution in [0.25, 0.3) is 0 Å². The van der Waals surface area contributed by atoms with Gasteiger partial charge in [-0.15, -0.1) is 0 Å². The Bertz CT molecular complexity index is 1750. The molecule has 2 heterocycles. The molecule has 2 aromatic carbocycles. The van der Waals surface area contributed by atoms with Gasteiger partial charge in [-0.25, -0.2) is 10.2 Å². The van der Waals surface area contributed by atoms with Crippen LogP contribution in [0.2, 0.25) is 0 Å². The van der Waals surface area contributed by atoms with Gasteiger partial charge < -0.3 is 9.64 Å². The molecule has 0 saturated heterocycles. The number of nitrogens with zero attached hydrogens (tertiary/aromatic N) is 2. The molecule has 48 heavy (non-hydrogen) atoms. The zero-order chi connectivity index (χ0) is 35.5. The Morgan fingerprint density at radius 2 is 1.69 bits per heavy atom. The third-order valence-electron chi connectivity index (χ3n) is 8.90. The second kappa shape index (κ2) is 14.3. The Labute approximate surface area is 285 Å². The zero-order valence-electron chi connectivity index (χ0n) is 29.5. The molecule has 2 aromatic rings. The number of nitrogens with one attached hydrogen (secondary N) is 2. The number of carbonyl (C=O) groups is 2. The summed E-state index contributed by atoms with van der Waals surface area (Å²) in [6, 6.07) is 13.3. The van der Waals surface area contributed by atoms with E-state index < -0.39 is 27.2 Å². The monoisotopic (exact) mass is 679 g/mol. The molecule has 11 heteroatoms. The molecule has 2 amide bonds. The first-order valence-electron chi connectivity index (χ1n) is 16.7. The summed E-state index contributed by atoms with van der Waals surface area (Å²) in [7, 11) is -4.37. The van der Waals surface area contributed by atoms with Gasteiger partial charge in [-0.1, -0.05) is 51.5 Å². The van der Waals surface area contributed by atoms with Crippen LogP contribution in [0, 0.1) is 0 Å². The second-order valence-electron chi connectivity index (χ2n) is 14.5. The van der Waals surface area contributed by atoms with Crippen molar-refractivity contribution in [3.05, 3.63) is 77.5 Å². The van der Waals surface area contributed by atoms with Crippen molar-refractivity contribution in [1.29, 1.82) is 0 Å². The van der Waals surface area contributed by atoms with Gasteiger partial charge in [-0.2, -0.15) is 13.0 Å². The molecule has 0 bridgehead atoms. The lowest BCUT2D eigenvalue weighted by molar-refractivity contribution is -0.437. The quantitative estimate of drug-likeness (QED) is 0.100. The van der Waals surface area contributed by atoms with E-state index in [1.807, 2.05) is 0 Å². The molecule has 0 fully saturated rings. The normalized spacial score (nSPS) is 17.5. The highest BCUT2D eigenvalue weighted by Gasteiger charge is 2.44. The lowest BCUT2D eigenvalue weighted by Crippen LogP contribution is -2.44. The molecule has 3 N–H and O–H groups in total. The van der Waals surface area contributed by atoms with Gasteiger partial charge in [0.1, 0.15) is 12.1 Å². The molecule has 2 aliphatic heterocycles. The van der Waals surface area contributed by atoms with Crippen LogP contribution in [0.1, 0.15) is 98.6 Å². The van der Waals surface area contributed by atoms with Crippen LogP contribution >= 0.6 is 0 Å². The van der Waals surface area contributed by atoms with E-state index in [1.165, 1.54) is 23.0 Å². The number of hydrogen-bond acceptors (Lipinski definition) is 6. The van der Waals surface area contributed by atoms with Crippen LogP contribution in [0.3, 0.4) is 0 Å². The summed E-state index contributed by atoms with van der Waals surface area (Å²) in [6.07, 6.45) is 9.08. The number of para-hydroxylation sites is 1. The molecule has 0 radical (unpaired) electrons. The Hall–Kier alpha value is -3.96. The lowest BCUT2D eigenvalue weighted by Gasteiger charge is -2.27. The van der Waals surface area contributed by atoms with Crippen molar-refractivity contribution in [2.45, 2.75) is 109 Å². The maximum Gasteiger partial charge on any atom is 0.426 e. The van der Waals surface area contributed by atoms with Crippen molar-refractivity contribution >= 4 is 39.2 Å². The number of fused-ring (bicyclic) bond motifs is 2. The number of benzene rings is 2. The number of allylic oxidation sites excluding steroid dienone is 4. The van der Waals surface area contributed by atoms with Crippen LogP contribution < -0.4 is 15.8 Å². The predicted octanol–water partition coefficient (Wildman–Crippen LogP) is 7.07. The van der Waals surface area contributed by atoms with Gasteiger partial charge in [-0.3, -0.25) is 14.8 Å². The fraction of sp³-hybridized carbons (Fsp3) is 0.486. The number of hydrogen-bond donors (Lipinski definition) is 3. The SMILES string of the molecule is CCC[N+]1=C(/C=C/C=C2/N(CCCCCC(=O)NNC(=O)OC(C)(C)C)c3ccc(S(=O)(=O)O)cc3C2(C)C)C(C)(C)c2ccccc21. The molecule has 0 aliphatic carbocycles. The maximum absolute atomic E-state index is 12.3. The number of unbranched alkanes of at least 4 members (excludes halogenated alkanes) is 2. The first-order chi connectivity index (χ1) is 22.4. The third kappa shape index (κ3) is 8.18. The van der Waals surface area contributed by atoms with Crippen LogP contribution in [0.5, 0.6) is 0 Å². The van der Waals surface area contributed by atoms with Crippen LogP contribution in [0.4, 0.5) is 16.2 Å². The van der Waals surface area contributed by atoms with E-state index in [0.717, 1.165) is 42.8 Å². The van der Waals surface area contributed by atoms with Crippen LogP contribution in [-0.2, 0) is 30.5 Å². The van der Waals surface area contributed by atoms with E-state index in [1.54, 1.807) is 32.9 Å². The standard InChI is InChI=1S/C37H50N4O6S/c1-9-23-40-29-17-13-12-16-27(29)36(5,6)31(40)18-15-19-32-37(7,8)28-25-26(48(44,45)46)21-22-30(28)41(32)24-14-10-11-20-33(42)38-39-34(43)47-35(2,3)4/h12-13,15-19,21-22,25H,9-11,14,20,23-24H2,1-8H3,(H2-,38,39,42,43,44,45,46)/p+1. The van der Waals surface area contributed by atoms with Crippen LogP contribution in [-0.4, -0.2) is 53.9 Å². The largest absolute Gasteiger partial charge is 0.443 e. The van der Waals surface area contributed by atoms with E-state index in [0.29, 0.717) is 13.0 Å². The Morgan fingerprint density at radius 1 is 0.979 bits per heavy atom. The highest BCUT2D eigenvalue weighted by Crippen LogP contribution is 2.48. The van der Waals surface area contributed by atoms with E-state index in [-0.39, 0.29) is 22.6 Å². The van der Waals surface area contributed by atoms with Gasteiger partial charge in [0.15, 0.2) is 5.71 Å². The third-order valence-corrected chi connectivity index (χ3v) is 9.75. The van der Waals surface area contributed by atoms with Crippen LogP contribution in [0.15, 0.2) is 71.3 Å². The van der Waals surface area contributed by atoms with Crippen molar-refractivity contribution in [3.63, 3.8) is 0 Å². The predicted molar refractivity (Wildman–Crippen MR) is 189 cm³/mol. The molecule has 0 unspecified atom stereocenters. The average molecular weight is 680 g/mol. The number of ether oxygens (including phenoxy) is 1. The summed E-state index contributed by atoms with van der Waals surface area (Å²) in [4.78, 5) is 26.2. The number of hydrazine groups is 1. The average Bonchev–Trinajstić information content (AvgIpc) is 3.33. The summed E-state index contributed by atoms with van der Waals surface area (Å²) < 4.78 is 41.4. The molecule has 0 aromatic heterocycles. The van der Waals surface area contributed by atoms with Crippen molar-refractivity contribution < 1.29 is 31.9 Å². The minimum Gasteiger partial charge on any atom is -0.443 e. The van der Waals surface area contributed by atoms with Gasteiger partial charge in [0.25, 0.3) is 10.1 Å². The number of rotatable bonds is 11. The van der Waals surface area contributed by atoms with Crippen molar-refractivity contribution in [1.82, 2.24) is 10.9 Å². The number of amides is 2. The minimum absolute atomic E-state index is 0.131. The Balaban J connectivity index is 1.54. The first kappa shape index (κ1) is 36.9. The topological polar surface area (TPSA) is 128 Å². The molecule has 0 spiro atoms. The zero-order valence-corrected chi connectivity index (χ0v) is 30.3. The molecule has 4 rings (SSSR count). The molecular weight excluding hydrogens is 628 g/mol. The molecule has 260 valence electrons. The van der Waals surface area contributed by atoms with E-state index in [2.05, 4.69) is 97.4 Å². The first-order valence-corrected chi connectivity index (χ1v) is 18.1. The Morgan fingerprint density at radius 3 is 2.35 bits per heavy atom. The van der Waals surface area contributed by atoms with Crippen molar-refractivity contribution in [2.24, 2.45) is 0 Å². The van der Waals surface area contributed by atoms with Gasteiger partial charge in [0, 0.05) is 53.9 Å². The molecule has 0 saturated carbocycles. The summed E-state index contributed by atoms with van der Waals surface area (Å²) in [6.45, 7) is 17.6. The second-order valence-corrected chi connectivity index (χ2v) is 15.9. The molecule has 10 nitrogen and oxygen atoms in total. The fourth-order valence-corrected chi connectivity index (χ4v) is 7.12. The van der Waals surface area contributed by atoms with Gasteiger partial charge >= 0.3 is 6.09 Å². The van der Waals surface area contributed by atoms with Gasteiger partial charge in [0.05, 0.1) is 10.3 Å². The highest BCUT2D eigenvalue weighted by molar-refractivity contribution is 7.85. The van der Waals surface area contributed by atoms with E-state index in [9.17, 15) is 22.6 Å². The summed E-state index contributed by atoms with van der Waals surface area (Å²) in [5.41, 5.74) is 9.75. The summed E-state index contributed by atoms with van der Waals surface area (Å²) in [5.74, 6) is -0.302. The number of anilines is 1. The van der Waals surface area contributed by atoms with Gasteiger partial charge in [0.2, 0.25) is 11.6 Å². The fourth-order valence-electron chi connectivity index (χ4n) is 6.61. The highest BCUT2D eigenvalue weighted by atomic mass is 32.2. The minimum atomic E-state index is -4.37. The summed E-state index contributed by atoms with van der Waals surface area (Å²) in [5, 5.41) is 0. The Kier molecular flexibility index (Phi) is 11.0. The molecule has 0 atom stereocenters. The molecular formula is C37H51N4O6S+. The van der Waals surface area contributed by atoms with Gasteiger partial charge in [-0.05, 0) is 77.3 Å². The lowest BCUT2D eigenvalue weighted by atomic mass is 9.81. The van der Waals surface area contributed by atoms with Crippen molar-refractivity contribution in [2.75, 3.05) is 18.0 Å². The van der Waals surface area contributed by atoms with E-state index in [4.69, 9.17) is 4.74 Å². The van der Waals surface area contributed by atoms with E-state index >= 15 is 0 Å². The van der Waals surface area contributed by atoms with Crippen molar-refractivity contribution in [3.8, 4) is 0 Å². The summed E-state index contributed by atoms with van der Waals surface area (Å²) >= 11 is 0. The smallest absolute Gasteiger partial charge is 0.426 e. The molecule has 2 aliphatic rings. The maximum atomic E-state index is 12.3. The number of carbonyl (C=O) groups excluding carboxylic acids is 2.